The minimum absolute atomic E-state index is 0.0178. The van der Waals surface area contributed by atoms with Crippen LogP contribution in [0.2, 0.25) is 0 Å². The van der Waals surface area contributed by atoms with E-state index in [9.17, 15) is 4.79 Å². The molecule has 7 nitrogen and oxygen atoms in total. The lowest BCUT2D eigenvalue weighted by Crippen LogP contribution is -2.51. The first-order valence-corrected chi connectivity index (χ1v) is 13.2. The molecule has 0 bridgehead atoms. The molecule has 2 aliphatic heterocycles. The van der Waals surface area contributed by atoms with Crippen LogP contribution in [-0.4, -0.2) is 49.9 Å². The van der Waals surface area contributed by atoms with Crippen LogP contribution in [0.4, 0.5) is 0 Å². The van der Waals surface area contributed by atoms with Crippen molar-refractivity contribution in [3.8, 4) is 11.5 Å². The number of carbonyl (C=O) groups excluding carboxylic acids is 1. The number of methoxy groups -OCH3 is 2. The molecule has 2 aromatic rings. The highest BCUT2D eigenvalue weighted by Gasteiger charge is 2.65. The van der Waals surface area contributed by atoms with E-state index in [1.165, 1.54) is 12.8 Å². The summed E-state index contributed by atoms with van der Waals surface area (Å²) in [6.07, 6.45) is 7.27. The first-order chi connectivity index (χ1) is 17.4. The average Bonchev–Trinajstić information content (AvgIpc) is 3.31. The molecule has 7 heteroatoms. The van der Waals surface area contributed by atoms with Gasteiger partial charge in [-0.15, -0.1) is 0 Å². The highest BCUT2D eigenvalue weighted by molar-refractivity contribution is 5.75. The lowest BCUT2D eigenvalue weighted by molar-refractivity contribution is -0.147. The Morgan fingerprint density at radius 3 is 2.67 bits per heavy atom. The van der Waals surface area contributed by atoms with Crippen molar-refractivity contribution < 1.29 is 28.2 Å². The summed E-state index contributed by atoms with van der Waals surface area (Å²) < 4.78 is 28.8. The van der Waals surface area contributed by atoms with Crippen molar-refractivity contribution in [2.24, 2.45) is 23.2 Å². The van der Waals surface area contributed by atoms with Gasteiger partial charge in [0.1, 0.15) is 11.9 Å². The molecule has 194 valence electrons. The third-order valence-corrected chi connectivity index (χ3v) is 9.35. The molecule has 1 spiro atoms. The Morgan fingerprint density at radius 1 is 1.11 bits per heavy atom. The fourth-order valence-corrected chi connectivity index (χ4v) is 7.49. The van der Waals surface area contributed by atoms with E-state index in [1.807, 2.05) is 24.3 Å². The van der Waals surface area contributed by atoms with Crippen LogP contribution in [0.3, 0.4) is 0 Å². The van der Waals surface area contributed by atoms with E-state index in [0.29, 0.717) is 37.1 Å². The number of hydrogen-bond acceptors (Lipinski definition) is 7. The van der Waals surface area contributed by atoms with Crippen molar-refractivity contribution in [1.82, 2.24) is 4.90 Å². The van der Waals surface area contributed by atoms with Gasteiger partial charge in [-0.25, -0.2) is 0 Å². The quantitative estimate of drug-likeness (QED) is 0.384. The second-order valence-corrected chi connectivity index (χ2v) is 11.5. The number of furan rings is 1. The van der Waals surface area contributed by atoms with E-state index < -0.39 is 0 Å². The number of nitrogens with zero attached hydrogens (tertiary/aromatic N) is 1. The minimum atomic E-state index is -0.146. The number of rotatable bonds is 8. The van der Waals surface area contributed by atoms with Crippen LogP contribution in [0.15, 0.2) is 41.0 Å². The Balaban J connectivity index is 1.23. The number of ether oxygens (including phenoxy) is 4. The summed E-state index contributed by atoms with van der Waals surface area (Å²) in [7, 11) is 3.29. The standard InChI is InChI=1S/C29H37NO6/c1-28-9-5-10-29(18-35-29)26(28)13-21-22(27(31)36-25(21)14-28)17-30(16-20-6-4-11-34-20)15-19-7-8-23(32-2)24(12-19)33-3/h4,6-8,11-12,21-22,25-26H,5,9-10,13-18H2,1-3H3/t21-,22-,25-,26-,28-,29+/m1/s1. The molecule has 0 N–H and O–H groups in total. The summed E-state index contributed by atoms with van der Waals surface area (Å²) in [4.78, 5) is 15.6. The van der Waals surface area contributed by atoms with E-state index in [4.69, 9.17) is 23.4 Å². The summed E-state index contributed by atoms with van der Waals surface area (Å²) >= 11 is 0. The van der Waals surface area contributed by atoms with E-state index in [1.54, 1.807) is 20.5 Å². The van der Waals surface area contributed by atoms with E-state index >= 15 is 0 Å². The smallest absolute Gasteiger partial charge is 0.310 e. The number of epoxide rings is 1. The molecule has 36 heavy (non-hydrogen) atoms. The van der Waals surface area contributed by atoms with Gasteiger partial charge in [-0.2, -0.15) is 0 Å². The molecule has 0 unspecified atom stereocenters. The van der Waals surface area contributed by atoms with Crippen LogP contribution >= 0.6 is 0 Å². The van der Waals surface area contributed by atoms with Crippen LogP contribution < -0.4 is 9.47 Å². The SMILES string of the molecule is COc1ccc(CN(Cc2ccco2)C[C@H]2C(=O)O[C@@H]3C[C@@]4(C)CCC[C@]5(CO5)[C@@H]4C[C@@H]32)cc1OC. The molecule has 1 aromatic heterocycles. The maximum Gasteiger partial charge on any atom is 0.310 e. The highest BCUT2D eigenvalue weighted by atomic mass is 16.6. The topological polar surface area (TPSA) is 73.7 Å². The zero-order valence-corrected chi connectivity index (χ0v) is 21.5. The molecule has 1 aromatic carbocycles. The Kier molecular flexibility index (Phi) is 6.03. The van der Waals surface area contributed by atoms with Gasteiger partial charge in [0.15, 0.2) is 11.5 Å². The summed E-state index contributed by atoms with van der Waals surface area (Å²) in [5.74, 6) is 2.84. The summed E-state index contributed by atoms with van der Waals surface area (Å²) in [6.45, 7) is 5.20. The second kappa shape index (κ2) is 9.10. The third kappa shape index (κ3) is 4.20. The van der Waals surface area contributed by atoms with Crippen LogP contribution in [0, 0.1) is 23.2 Å². The molecule has 4 fully saturated rings. The molecule has 6 atom stereocenters. The Hall–Kier alpha value is -2.51. The van der Waals surface area contributed by atoms with E-state index in [2.05, 4.69) is 17.9 Å². The van der Waals surface area contributed by atoms with Gasteiger partial charge in [-0.05, 0) is 73.3 Å². The molecular formula is C29H37NO6. The van der Waals surface area contributed by atoms with Gasteiger partial charge in [0.2, 0.25) is 0 Å². The van der Waals surface area contributed by atoms with Crippen LogP contribution in [0.1, 0.15) is 50.4 Å². The van der Waals surface area contributed by atoms with E-state index in [0.717, 1.165) is 37.2 Å². The Morgan fingerprint density at radius 2 is 1.94 bits per heavy atom. The Labute approximate surface area is 213 Å². The fraction of sp³-hybridized carbons (Fsp3) is 0.621. The van der Waals surface area contributed by atoms with Crippen molar-refractivity contribution >= 4 is 5.97 Å². The minimum Gasteiger partial charge on any atom is -0.493 e. The lowest BCUT2D eigenvalue weighted by atomic mass is 9.53. The summed E-state index contributed by atoms with van der Waals surface area (Å²) in [6, 6.07) is 9.88. The molecule has 2 saturated carbocycles. The normalized spacial score (nSPS) is 34.8. The van der Waals surface area contributed by atoms with Crippen molar-refractivity contribution in [2.45, 2.75) is 63.8 Å². The molecule has 4 aliphatic rings. The number of fused-ring (bicyclic) bond motifs is 3. The second-order valence-electron chi connectivity index (χ2n) is 11.5. The van der Waals surface area contributed by atoms with Gasteiger partial charge >= 0.3 is 5.97 Å². The van der Waals surface area contributed by atoms with Gasteiger partial charge in [-0.1, -0.05) is 13.0 Å². The third-order valence-electron chi connectivity index (χ3n) is 9.35. The van der Waals surface area contributed by atoms with Crippen molar-refractivity contribution in [1.29, 1.82) is 0 Å². The van der Waals surface area contributed by atoms with E-state index in [-0.39, 0.29) is 34.9 Å². The number of hydrogen-bond donors (Lipinski definition) is 0. The zero-order chi connectivity index (χ0) is 24.9. The first-order valence-electron chi connectivity index (χ1n) is 13.2. The average molecular weight is 496 g/mol. The predicted molar refractivity (Wildman–Crippen MR) is 133 cm³/mol. The molecule has 2 saturated heterocycles. The predicted octanol–water partition coefficient (Wildman–Crippen LogP) is 4.83. The van der Waals surface area contributed by atoms with Crippen LogP contribution in [-0.2, 0) is 27.4 Å². The molecule has 6 rings (SSSR count). The van der Waals surface area contributed by atoms with Crippen LogP contribution in [0.25, 0.3) is 0 Å². The fourth-order valence-electron chi connectivity index (χ4n) is 7.49. The lowest BCUT2D eigenvalue weighted by Gasteiger charge is -2.51. The van der Waals surface area contributed by atoms with Gasteiger partial charge in [0.05, 0.1) is 45.2 Å². The van der Waals surface area contributed by atoms with Gasteiger partial charge in [0, 0.05) is 19.0 Å². The van der Waals surface area contributed by atoms with Crippen molar-refractivity contribution in [2.75, 3.05) is 27.4 Å². The number of esters is 1. The molecular weight excluding hydrogens is 458 g/mol. The van der Waals surface area contributed by atoms with Crippen LogP contribution in [0.5, 0.6) is 11.5 Å². The van der Waals surface area contributed by atoms with Gasteiger partial charge in [0.25, 0.3) is 0 Å². The molecule has 0 radical (unpaired) electrons. The largest absolute Gasteiger partial charge is 0.493 e. The zero-order valence-electron chi connectivity index (χ0n) is 21.5. The number of carbonyl (C=O) groups is 1. The maximum absolute atomic E-state index is 13.3. The van der Waals surface area contributed by atoms with Gasteiger partial charge in [-0.3, -0.25) is 9.69 Å². The molecule has 3 heterocycles. The molecule has 0 amide bonds. The summed E-state index contributed by atoms with van der Waals surface area (Å²) in [5, 5.41) is 0. The monoisotopic (exact) mass is 495 g/mol. The number of benzene rings is 1. The van der Waals surface area contributed by atoms with Crippen molar-refractivity contribution in [3.05, 3.63) is 47.9 Å². The van der Waals surface area contributed by atoms with Gasteiger partial charge < -0.3 is 23.4 Å². The first kappa shape index (κ1) is 23.9. The molecule has 2 aliphatic carbocycles. The highest BCUT2D eigenvalue weighted by Crippen LogP contribution is 2.62. The maximum atomic E-state index is 13.3. The summed E-state index contributed by atoms with van der Waals surface area (Å²) in [5.41, 5.74) is 1.36. The Bertz CT molecular complexity index is 1100. The van der Waals surface area contributed by atoms with Crippen molar-refractivity contribution in [3.63, 3.8) is 0 Å².